The van der Waals surface area contributed by atoms with Gasteiger partial charge >= 0.3 is 0 Å². The first-order chi connectivity index (χ1) is 7.70. The van der Waals surface area contributed by atoms with Crippen LogP contribution in [0.2, 0.25) is 0 Å². The maximum Gasteiger partial charge on any atom is 0.0535 e. The van der Waals surface area contributed by atoms with Crippen molar-refractivity contribution >= 4 is 0 Å². The van der Waals surface area contributed by atoms with Crippen molar-refractivity contribution in [3.05, 3.63) is 17.5 Å². The number of hydrogen-bond acceptors (Lipinski definition) is 3. The molecule has 0 aliphatic carbocycles. The number of hydrogen-bond donors (Lipinski definition) is 2. The molecule has 0 fully saturated rings. The van der Waals surface area contributed by atoms with Gasteiger partial charge in [-0.05, 0) is 25.8 Å². The van der Waals surface area contributed by atoms with Crippen LogP contribution >= 0.6 is 0 Å². The Morgan fingerprint density at radius 3 is 2.94 bits per heavy atom. The van der Waals surface area contributed by atoms with Gasteiger partial charge in [0.05, 0.1) is 6.20 Å². The molecule has 4 nitrogen and oxygen atoms in total. The Balaban J connectivity index is 1.94. The Kier molecular flexibility index (Phi) is 6.11. The highest BCUT2D eigenvalue weighted by atomic mass is 16.5. The summed E-state index contributed by atoms with van der Waals surface area (Å²) in [6.45, 7) is 9.95. The molecule has 0 aliphatic heterocycles. The van der Waals surface area contributed by atoms with Crippen LogP contribution in [0.5, 0.6) is 0 Å². The summed E-state index contributed by atoms with van der Waals surface area (Å²) in [6, 6.07) is 0. The lowest BCUT2D eigenvalue weighted by molar-refractivity contribution is 0.108. The van der Waals surface area contributed by atoms with Crippen LogP contribution in [0.4, 0.5) is 0 Å². The summed E-state index contributed by atoms with van der Waals surface area (Å²) >= 11 is 0. The van der Waals surface area contributed by atoms with Crippen LogP contribution in [-0.2, 0) is 11.3 Å². The summed E-state index contributed by atoms with van der Waals surface area (Å²) in [5.41, 5.74) is 2.38. The van der Waals surface area contributed by atoms with Crippen molar-refractivity contribution in [2.75, 3.05) is 19.8 Å². The second kappa shape index (κ2) is 7.41. The second-order valence-corrected chi connectivity index (χ2v) is 4.52. The van der Waals surface area contributed by atoms with Crippen LogP contribution in [-0.4, -0.2) is 30.0 Å². The summed E-state index contributed by atoms with van der Waals surface area (Å²) in [7, 11) is 0. The number of rotatable bonds is 8. The first-order valence-corrected chi connectivity index (χ1v) is 5.97. The van der Waals surface area contributed by atoms with E-state index in [0.29, 0.717) is 5.92 Å². The van der Waals surface area contributed by atoms with Gasteiger partial charge in [0.25, 0.3) is 0 Å². The SMILES string of the molecule is Cc1[nH]ncc1CNCCCOCC(C)C. The van der Waals surface area contributed by atoms with E-state index in [2.05, 4.69) is 29.4 Å². The fraction of sp³-hybridized carbons (Fsp3) is 0.750. The summed E-state index contributed by atoms with van der Waals surface area (Å²) < 4.78 is 5.50. The minimum absolute atomic E-state index is 0.626. The molecule has 0 atom stereocenters. The Bertz CT molecular complexity index is 284. The summed E-state index contributed by atoms with van der Waals surface area (Å²) in [4.78, 5) is 0. The fourth-order valence-corrected chi connectivity index (χ4v) is 1.40. The predicted octanol–water partition coefficient (Wildman–Crippen LogP) is 1.87. The minimum atomic E-state index is 0.626. The van der Waals surface area contributed by atoms with E-state index < -0.39 is 0 Å². The monoisotopic (exact) mass is 225 g/mol. The van der Waals surface area contributed by atoms with E-state index in [-0.39, 0.29) is 0 Å². The van der Waals surface area contributed by atoms with Crippen molar-refractivity contribution in [1.82, 2.24) is 15.5 Å². The van der Waals surface area contributed by atoms with E-state index in [9.17, 15) is 0 Å². The topological polar surface area (TPSA) is 49.9 Å². The van der Waals surface area contributed by atoms with Crippen LogP contribution in [0.3, 0.4) is 0 Å². The highest BCUT2D eigenvalue weighted by molar-refractivity contribution is 5.13. The van der Waals surface area contributed by atoms with Crippen LogP contribution in [0.25, 0.3) is 0 Å². The maximum atomic E-state index is 5.50. The second-order valence-electron chi connectivity index (χ2n) is 4.52. The highest BCUT2D eigenvalue weighted by Gasteiger charge is 1.98. The molecule has 0 radical (unpaired) electrons. The fourth-order valence-electron chi connectivity index (χ4n) is 1.40. The third-order valence-electron chi connectivity index (χ3n) is 2.34. The van der Waals surface area contributed by atoms with E-state index in [1.807, 2.05) is 13.1 Å². The van der Waals surface area contributed by atoms with Crippen LogP contribution < -0.4 is 5.32 Å². The van der Waals surface area contributed by atoms with Crippen LogP contribution in [0.15, 0.2) is 6.20 Å². The van der Waals surface area contributed by atoms with Gasteiger partial charge < -0.3 is 10.1 Å². The number of nitrogens with one attached hydrogen (secondary N) is 2. The number of nitrogens with zero attached hydrogens (tertiary/aromatic N) is 1. The van der Waals surface area contributed by atoms with Crippen molar-refractivity contribution in [1.29, 1.82) is 0 Å². The zero-order valence-electron chi connectivity index (χ0n) is 10.5. The summed E-state index contributed by atoms with van der Waals surface area (Å²) in [5.74, 6) is 0.626. The van der Waals surface area contributed by atoms with Gasteiger partial charge in [0.1, 0.15) is 0 Å². The first-order valence-electron chi connectivity index (χ1n) is 5.97. The molecule has 0 amide bonds. The minimum Gasteiger partial charge on any atom is -0.381 e. The number of aromatic amines is 1. The maximum absolute atomic E-state index is 5.50. The Labute approximate surface area is 97.8 Å². The molecule has 0 bridgehead atoms. The third-order valence-corrected chi connectivity index (χ3v) is 2.34. The van der Waals surface area contributed by atoms with E-state index in [1.165, 1.54) is 5.56 Å². The molecule has 0 aromatic carbocycles. The third kappa shape index (κ3) is 5.28. The molecule has 4 heteroatoms. The molecule has 0 unspecified atom stereocenters. The molecule has 0 saturated heterocycles. The van der Waals surface area contributed by atoms with Gasteiger partial charge in [-0.3, -0.25) is 5.10 Å². The van der Waals surface area contributed by atoms with Gasteiger partial charge in [-0.15, -0.1) is 0 Å². The van der Waals surface area contributed by atoms with E-state index in [1.54, 1.807) is 0 Å². The average molecular weight is 225 g/mol. The standard InChI is InChI=1S/C12H23N3O/c1-10(2)9-16-6-4-5-13-7-12-8-14-15-11(12)3/h8,10,13H,4-7,9H2,1-3H3,(H,14,15). The summed E-state index contributed by atoms with van der Waals surface area (Å²) in [5, 5.41) is 10.3. The normalized spacial score (nSPS) is 11.2. The van der Waals surface area contributed by atoms with E-state index in [4.69, 9.17) is 4.74 Å². The van der Waals surface area contributed by atoms with Gasteiger partial charge in [-0.25, -0.2) is 0 Å². The van der Waals surface area contributed by atoms with E-state index >= 15 is 0 Å². The van der Waals surface area contributed by atoms with Crippen molar-refractivity contribution in [2.24, 2.45) is 5.92 Å². The molecule has 1 aromatic rings. The van der Waals surface area contributed by atoms with Crippen molar-refractivity contribution in [3.8, 4) is 0 Å². The Hall–Kier alpha value is -0.870. The Morgan fingerprint density at radius 1 is 1.50 bits per heavy atom. The lowest BCUT2D eigenvalue weighted by Crippen LogP contribution is -2.17. The zero-order chi connectivity index (χ0) is 11.8. The zero-order valence-corrected chi connectivity index (χ0v) is 10.5. The van der Waals surface area contributed by atoms with Crippen LogP contribution in [0.1, 0.15) is 31.5 Å². The molecule has 92 valence electrons. The highest BCUT2D eigenvalue weighted by Crippen LogP contribution is 2.01. The largest absolute Gasteiger partial charge is 0.381 e. The number of aryl methyl sites for hydroxylation is 1. The van der Waals surface area contributed by atoms with Crippen LogP contribution in [0, 0.1) is 12.8 Å². The Morgan fingerprint density at radius 2 is 2.31 bits per heavy atom. The van der Waals surface area contributed by atoms with E-state index in [0.717, 1.165) is 38.4 Å². The van der Waals surface area contributed by atoms with Gasteiger partial charge in [0.2, 0.25) is 0 Å². The predicted molar refractivity (Wildman–Crippen MR) is 65.3 cm³/mol. The van der Waals surface area contributed by atoms with Crippen molar-refractivity contribution in [2.45, 2.75) is 33.7 Å². The molecule has 2 N–H and O–H groups in total. The molecule has 1 rings (SSSR count). The van der Waals surface area contributed by atoms with Gasteiger partial charge in [-0.1, -0.05) is 13.8 Å². The lowest BCUT2D eigenvalue weighted by Gasteiger charge is -2.07. The lowest BCUT2D eigenvalue weighted by atomic mass is 10.2. The molecule has 1 heterocycles. The molecule has 0 spiro atoms. The smallest absolute Gasteiger partial charge is 0.0535 e. The first kappa shape index (κ1) is 13.2. The van der Waals surface area contributed by atoms with Gasteiger partial charge in [0, 0.05) is 31.0 Å². The molecular formula is C12H23N3O. The van der Waals surface area contributed by atoms with Crippen molar-refractivity contribution < 1.29 is 4.74 Å². The molecule has 1 aromatic heterocycles. The van der Waals surface area contributed by atoms with Gasteiger partial charge in [0.15, 0.2) is 0 Å². The van der Waals surface area contributed by atoms with Crippen molar-refractivity contribution in [3.63, 3.8) is 0 Å². The molecule has 0 aliphatic rings. The molecule has 0 saturated carbocycles. The van der Waals surface area contributed by atoms with Gasteiger partial charge in [-0.2, -0.15) is 5.10 Å². The number of H-pyrrole nitrogens is 1. The molecular weight excluding hydrogens is 202 g/mol. The average Bonchev–Trinajstić information content (AvgIpc) is 2.62. The number of aromatic nitrogens is 2. The quantitative estimate of drug-likeness (QED) is 0.664. The molecule has 16 heavy (non-hydrogen) atoms. The number of ether oxygens (including phenoxy) is 1. The summed E-state index contributed by atoms with van der Waals surface area (Å²) in [6.07, 6.45) is 2.93.